The van der Waals surface area contributed by atoms with E-state index in [0.717, 1.165) is 24.2 Å². The lowest BCUT2D eigenvalue weighted by Crippen LogP contribution is -2.30. The number of pyridine rings is 1. The molecule has 0 fully saturated rings. The number of amides is 1. The van der Waals surface area contributed by atoms with Crippen LogP contribution in [0.1, 0.15) is 41.3 Å². The van der Waals surface area contributed by atoms with Gasteiger partial charge in [-0.25, -0.2) is 5.84 Å². The summed E-state index contributed by atoms with van der Waals surface area (Å²) in [7, 11) is 0. The lowest BCUT2D eigenvalue weighted by atomic mass is 10.2. The standard InChI is InChI=1S/C14H19N5O/c1-3-11-7-13(4-2)19(18-11)9-12-6-5-10(8-16-12)14(20)17-15/h5-8H,3-4,9,15H2,1-2H3,(H,17,20). The summed E-state index contributed by atoms with van der Waals surface area (Å²) < 4.78 is 1.96. The second-order valence-corrected chi connectivity index (χ2v) is 4.50. The van der Waals surface area contributed by atoms with Crippen molar-refractivity contribution in [2.24, 2.45) is 5.84 Å². The second kappa shape index (κ2) is 6.29. The molecule has 6 nitrogen and oxygen atoms in total. The van der Waals surface area contributed by atoms with Gasteiger partial charge in [0.2, 0.25) is 0 Å². The molecule has 2 rings (SSSR count). The molecular formula is C14H19N5O. The number of hydrogen-bond donors (Lipinski definition) is 2. The first-order chi connectivity index (χ1) is 9.67. The molecule has 106 valence electrons. The maximum Gasteiger partial charge on any atom is 0.266 e. The highest BCUT2D eigenvalue weighted by Crippen LogP contribution is 2.09. The molecule has 0 aliphatic rings. The van der Waals surface area contributed by atoms with Crippen LogP contribution in [0.5, 0.6) is 0 Å². The third-order valence-corrected chi connectivity index (χ3v) is 3.17. The predicted octanol–water partition coefficient (Wildman–Crippen LogP) is 1.05. The van der Waals surface area contributed by atoms with Gasteiger partial charge in [-0.1, -0.05) is 13.8 Å². The third-order valence-electron chi connectivity index (χ3n) is 3.17. The number of nitrogens with two attached hydrogens (primary N) is 1. The Morgan fingerprint density at radius 2 is 2.10 bits per heavy atom. The van der Waals surface area contributed by atoms with E-state index < -0.39 is 0 Å². The van der Waals surface area contributed by atoms with Crippen molar-refractivity contribution in [2.45, 2.75) is 33.2 Å². The molecule has 2 heterocycles. The summed E-state index contributed by atoms with van der Waals surface area (Å²) in [6.45, 7) is 4.80. The number of rotatable bonds is 5. The predicted molar refractivity (Wildman–Crippen MR) is 76.0 cm³/mol. The largest absolute Gasteiger partial charge is 0.290 e. The normalized spacial score (nSPS) is 10.6. The van der Waals surface area contributed by atoms with E-state index in [-0.39, 0.29) is 5.91 Å². The Morgan fingerprint density at radius 3 is 2.65 bits per heavy atom. The smallest absolute Gasteiger partial charge is 0.266 e. The molecule has 0 unspecified atom stereocenters. The van der Waals surface area contributed by atoms with Gasteiger partial charge in [0, 0.05) is 11.9 Å². The van der Waals surface area contributed by atoms with Gasteiger partial charge in [0.1, 0.15) is 0 Å². The van der Waals surface area contributed by atoms with Crippen LogP contribution in [-0.2, 0) is 19.4 Å². The topological polar surface area (TPSA) is 85.8 Å². The van der Waals surface area contributed by atoms with Crippen molar-refractivity contribution in [3.63, 3.8) is 0 Å². The Hall–Kier alpha value is -2.21. The van der Waals surface area contributed by atoms with Crippen molar-refractivity contribution in [1.82, 2.24) is 20.2 Å². The Labute approximate surface area is 118 Å². The zero-order chi connectivity index (χ0) is 14.5. The van der Waals surface area contributed by atoms with Gasteiger partial charge in [0.25, 0.3) is 5.91 Å². The number of nitrogens with one attached hydrogen (secondary N) is 1. The van der Waals surface area contributed by atoms with E-state index in [0.29, 0.717) is 12.1 Å². The van der Waals surface area contributed by atoms with Gasteiger partial charge in [-0.3, -0.25) is 19.9 Å². The maximum absolute atomic E-state index is 11.3. The van der Waals surface area contributed by atoms with Crippen LogP contribution in [0.4, 0.5) is 0 Å². The van der Waals surface area contributed by atoms with Gasteiger partial charge in [-0.05, 0) is 31.0 Å². The molecule has 0 aliphatic carbocycles. The van der Waals surface area contributed by atoms with Crippen molar-refractivity contribution in [2.75, 3.05) is 0 Å². The lowest BCUT2D eigenvalue weighted by Gasteiger charge is -2.06. The molecule has 0 aliphatic heterocycles. The number of hydrogen-bond acceptors (Lipinski definition) is 4. The average molecular weight is 273 g/mol. The molecule has 20 heavy (non-hydrogen) atoms. The van der Waals surface area contributed by atoms with E-state index in [4.69, 9.17) is 5.84 Å². The maximum atomic E-state index is 11.3. The quantitative estimate of drug-likeness (QED) is 0.484. The average Bonchev–Trinajstić information content (AvgIpc) is 2.89. The zero-order valence-corrected chi connectivity index (χ0v) is 11.8. The fraction of sp³-hybridized carbons (Fsp3) is 0.357. The molecule has 0 spiro atoms. The van der Waals surface area contributed by atoms with Crippen LogP contribution in [0.25, 0.3) is 0 Å². The summed E-state index contributed by atoms with van der Waals surface area (Å²) >= 11 is 0. The summed E-state index contributed by atoms with van der Waals surface area (Å²) in [4.78, 5) is 15.6. The first-order valence-electron chi connectivity index (χ1n) is 6.69. The fourth-order valence-corrected chi connectivity index (χ4v) is 2.00. The molecule has 1 amide bonds. The minimum Gasteiger partial charge on any atom is -0.290 e. The number of carbonyl (C=O) groups excluding carboxylic acids is 1. The highest BCUT2D eigenvalue weighted by atomic mass is 16.2. The first kappa shape index (κ1) is 14.2. The summed E-state index contributed by atoms with van der Waals surface area (Å²) in [5.74, 6) is 4.74. The Balaban J connectivity index is 2.17. The number of nitrogen functional groups attached to an aromatic ring is 1. The Kier molecular flexibility index (Phi) is 4.47. The van der Waals surface area contributed by atoms with Gasteiger partial charge in [-0.15, -0.1) is 0 Å². The molecule has 2 aromatic heterocycles. The monoisotopic (exact) mass is 273 g/mol. The van der Waals surface area contributed by atoms with Gasteiger partial charge in [-0.2, -0.15) is 5.10 Å². The van der Waals surface area contributed by atoms with Crippen LogP contribution < -0.4 is 11.3 Å². The molecule has 0 saturated carbocycles. The third kappa shape index (κ3) is 3.03. The summed E-state index contributed by atoms with van der Waals surface area (Å²) in [6, 6.07) is 5.65. The van der Waals surface area contributed by atoms with Crippen molar-refractivity contribution >= 4 is 5.91 Å². The summed E-state index contributed by atoms with van der Waals surface area (Å²) in [5.41, 5.74) is 5.66. The van der Waals surface area contributed by atoms with Crippen molar-refractivity contribution in [3.05, 3.63) is 47.0 Å². The van der Waals surface area contributed by atoms with Crippen molar-refractivity contribution < 1.29 is 4.79 Å². The van der Waals surface area contributed by atoms with E-state index in [1.807, 2.05) is 10.7 Å². The molecular weight excluding hydrogens is 254 g/mol. The highest BCUT2D eigenvalue weighted by molar-refractivity contribution is 5.93. The molecule has 0 atom stereocenters. The Bertz CT molecular complexity index is 588. The first-order valence-corrected chi connectivity index (χ1v) is 6.69. The van der Waals surface area contributed by atoms with Crippen LogP contribution in [0, 0.1) is 0 Å². The summed E-state index contributed by atoms with van der Waals surface area (Å²) in [5, 5.41) is 4.55. The van der Waals surface area contributed by atoms with Gasteiger partial charge >= 0.3 is 0 Å². The Morgan fingerprint density at radius 1 is 1.30 bits per heavy atom. The van der Waals surface area contributed by atoms with E-state index in [1.165, 1.54) is 11.9 Å². The number of nitrogens with zero attached hydrogens (tertiary/aromatic N) is 3. The molecule has 0 bridgehead atoms. The van der Waals surface area contributed by atoms with Gasteiger partial charge in [0.15, 0.2) is 0 Å². The molecule has 2 aromatic rings. The SMILES string of the molecule is CCc1cc(CC)n(Cc2ccc(C(=O)NN)cn2)n1. The molecule has 0 aromatic carbocycles. The van der Waals surface area contributed by atoms with Crippen LogP contribution in [0.15, 0.2) is 24.4 Å². The highest BCUT2D eigenvalue weighted by Gasteiger charge is 2.08. The molecule has 6 heteroatoms. The number of aryl methyl sites for hydroxylation is 2. The molecule has 0 saturated heterocycles. The van der Waals surface area contributed by atoms with Gasteiger partial charge in [0.05, 0.1) is 23.5 Å². The van der Waals surface area contributed by atoms with E-state index in [2.05, 4.69) is 35.4 Å². The van der Waals surface area contributed by atoms with E-state index in [1.54, 1.807) is 6.07 Å². The van der Waals surface area contributed by atoms with Crippen molar-refractivity contribution in [1.29, 1.82) is 0 Å². The molecule has 3 N–H and O–H groups in total. The van der Waals surface area contributed by atoms with E-state index in [9.17, 15) is 4.79 Å². The number of carbonyl (C=O) groups is 1. The number of aromatic nitrogens is 3. The minimum atomic E-state index is -0.342. The molecule has 0 radical (unpaired) electrons. The van der Waals surface area contributed by atoms with Crippen LogP contribution in [0.2, 0.25) is 0 Å². The summed E-state index contributed by atoms with van der Waals surface area (Å²) in [6.07, 6.45) is 3.37. The van der Waals surface area contributed by atoms with Gasteiger partial charge < -0.3 is 0 Å². The van der Waals surface area contributed by atoms with E-state index >= 15 is 0 Å². The second-order valence-electron chi connectivity index (χ2n) is 4.50. The number of hydrazine groups is 1. The fourth-order valence-electron chi connectivity index (χ4n) is 2.00. The van der Waals surface area contributed by atoms with Crippen molar-refractivity contribution in [3.8, 4) is 0 Å². The minimum absolute atomic E-state index is 0.342. The van der Waals surface area contributed by atoms with Crippen LogP contribution >= 0.6 is 0 Å². The van der Waals surface area contributed by atoms with Crippen LogP contribution in [0.3, 0.4) is 0 Å². The zero-order valence-electron chi connectivity index (χ0n) is 11.8. The van der Waals surface area contributed by atoms with Crippen LogP contribution in [-0.4, -0.2) is 20.7 Å². The lowest BCUT2D eigenvalue weighted by molar-refractivity contribution is 0.0953.